The molecule has 0 aromatic heterocycles. The van der Waals surface area contributed by atoms with E-state index in [9.17, 15) is 0 Å². The van der Waals surface area contributed by atoms with Gasteiger partial charge in [-0.25, -0.2) is 0 Å². The minimum absolute atomic E-state index is 0.847. The van der Waals surface area contributed by atoms with Gasteiger partial charge in [0.1, 0.15) is 0 Å². The van der Waals surface area contributed by atoms with Gasteiger partial charge in [0.05, 0.1) is 7.11 Å². The molecule has 0 bridgehead atoms. The Morgan fingerprint density at radius 1 is 1.55 bits per heavy atom. The molecule has 0 fully saturated rings. The maximum absolute atomic E-state index is 4.97. The summed E-state index contributed by atoms with van der Waals surface area (Å²) in [6.45, 7) is 1.99. The topological polar surface area (TPSA) is 9.23 Å². The Hall–Kier alpha value is -0.0666. The van der Waals surface area contributed by atoms with Gasteiger partial charge in [-0.15, -0.1) is 12.1 Å². The average Bonchev–Trinajstić information content (AvgIpc) is 2.08. The molecule has 0 unspecified atom stereocenters. The molecule has 0 atom stereocenters. The van der Waals surface area contributed by atoms with Crippen molar-refractivity contribution in [2.45, 2.75) is 6.92 Å². The van der Waals surface area contributed by atoms with Crippen LogP contribution in [-0.4, -0.2) is 7.11 Å². The van der Waals surface area contributed by atoms with E-state index in [2.05, 4.69) is 6.07 Å². The van der Waals surface area contributed by atoms with Crippen LogP contribution in [0, 0.1) is 13.0 Å². The standard InChI is InChI=1S/C8H9O.ClH.Zn/c1-7-4-3-5-8(6-7)9-2;;/h3,5-6H,1-2H3;1H;/q-1;;+2/p-1. The molecule has 3 heteroatoms. The fraction of sp³-hybridized carbons (Fsp3) is 0.250. The molecule has 0 radical (unpaired) electrons. The Morgan fingerprint density at radius 2 is 2.18 bits per heavy atom. The first-order valence-electron chi connectivity index (χ1n) is 3.12. The third-order valence-corrected chi connectivity index (χ3v) is 1.15. The van der Waals surface area contributed by atoms with Crippen LogP contribution in [0.1, 0.15) is 5.56 Å². The van der Waals surface area contributed by atoms with Crippen LogP contribution in [0.3, 0.4) is 0 Å². The van der Waals surface area contributed by atoms with Crippen molar-refractivity contribution < 1.29 is 22.0 Å². The third kappa shape index (κ3) is 4.39. The predicted molar refractivity (Wildman–Crippen MR) is 42.4 cm³/mol. The number of ether oxygens (including phenoxy) is 1. The average molecular weight is 222 g/mol. The molecular formula is C8H9ClOZn. The number of hydrogen-bond donors (Lipinski definition) is 0. The van der Waals surface area contributed by atoms with Gasteiger partial charge in [-0.2, -0.15) is 17.7 Å². The number of halogens is 1. The van der Waals surface area contributed by atoms with E-state index in [1.807, 2.05) is 25.1 Å². The Kier molecular flexibility index (Phi) is 6.59. The van der Waals surface area contributed by atoms with E-state index >= 15 is 0 Å². The van der Waals surface area contributed by atoms with E-state index in [0.29, 0.717) is 0 Å². The van der Waals surface area contributed by atoms with E-state index in [1.165, 1.54) is 0 Å². The van der Waals surface area contributed by atoms with Crippen molar-refractivity contribution in [2.24, 2.45) is 0 Å². The van der Waals surface area contributed by atoms with Gasteiger partial charge < -0.3 is 4.74 Å². The van der Waals surface area contributed by atoms with Crippen molar-refractivity contribution in [3.63, 3.8) is 0 Å². The third-order valence-electron chi connectivity index (χ3n) is 1.15. The van der Waals surface area contributed by atoms with Gasteiger partial charge in [0.25, 0.3) is 0 Å². The van der Waals surface area contributed by atoms with Crippen LogP contribution in [0.25, 0.3) is 0 Å². The fourth-order valence-corrected chi connectivity index (χ4v) is 0.685. The van der Waals surface area contributed by atoms with Crippen molar-refractivity contribution in [3.05, 3.63) is 29.8 Å². The van der Waals surface area contributed by atoms with Crippen LogP contribution in [0.4, 0.5) is 0 Å². The Balaban J connectivity index is 0.000000461. The molecule has 0 saturated carbocycles. The van der Waals surface area contributed by atoms with E-state index in [0.717, 1.165) is 28.6 Å². The predicted octanol–water partition coefficient (Wildman–Crippen LogP) is 2.49. The normalized spacial score (nSPS) is 8.09. The van der Waals surface area contributed by atoms with Crippen molar-refractivity contribution in [1.82, 2.24) is 0 Å². The first kappa shape index (κ1) is 10.9. The number of benzene rings is 1. The summed E-state index contributed by atoms with van der Waals surface area (Å²) in [5.74, 6) is 0.895. The number of rotatable bonds is 1. The molecular weight excluding hydrogens is 213 g/mol. The van der Waals surface area contributed by atoms with Gasteiger partial charge in [-0.3, -0.25) is 0 Å². The van der Waals surface area contributed by atoms with Gasteiger partial charge >= 0.3 is 27.0 Å². The van der Waals surface area contributed by atoms with Crippen molar-refractivity contribution in [2.75, 3.05) is 7.11 Å². The molecule has 0 aliphatic rings. The van der Waals surface area contributed by atoms with E-state index in [1.54, 1.807) is 7.11 Å². The summed E-state index contributed by atoms with van der Waals surface area (Å²) >= 11 is 0.847. The van der Waals surface area contributed by atoms with E-state index < -0.39 is 0 Å². The fourth-order valence-electron chi connectivity index (χ4n) is 0.685. The minimum atomic E-state index is 0.847. The Labute approximate surface area is 81.4 Å². The van der Waals surface area contributed by atoms with Crippen LogP contribution in [0.2, 0.25) is 0 Å². The zero-order valence-corrected chi connectivity index (χ0v) is 10.4. The van der Waals surface area contributed by atoms with Gasteiger partial charge in [-0.05, 0) is 0 Å². The molecule has 11 heavy (non-hydrogen) atoms. The molecule has 0 saturated heterocycles. The molecule has 0 heterocycles. The van der Waals surface area contributed by atoms with E-state index in [-0.39, 0.29) is 0 Å². The summed E-state index contributed by atoms with van der Waals surface area (Å²) in [6.07, 6.45) is 0. The molecule has 0 aliphatic heterocycles. The van der Waals surface area contributed by atoms with Gasteiger partial charge in [0.15, 0.2) is 0 Å². The Bertz CT molecular complexity index is 203. The molecule has 56 valence electrons. The van der Waals surface area contributed by atoms with Crippen molar-refractivity contribution in [1.29, 1.82) is 0 Å². The molecule has 1 nitrogen and oxygen atoms in total. The van der Waals surface area contributed by atoms with Gasteiger partial charge in [0, 0.05) is 5.75 Å². The first-order valence-corrected chi connectivity index (χ1v) is 7.02. The Morgan fingerprint density at radius 3 is 2.55 bits per heavy atom. The molecule has 0 aliphatic carbocycles. The number of aryl methyl sites for hydroxylation is 1. The van der Waals surface area contributed by atoms with Gasteiger partial charge in [0.2, 0.25) is 0 Å². The summed E-state index contributed by atoms with van der Waals surface area (Å²) in [7, 11) is 6.43. The summed E-state index contributed by atoms with van der Waals surface area (Å²) in [5, 5.41) is 0. The van der Waals surface area contributed by atoms with Crippen LogP contribution in [0.15, 0.2) is 18.2 Å². The van der Waals surface area contributed by atoms with Crippen LogP contribution < -0.4 is 4.74 Å². The second-order valence-corrected chi connectivity index (χ2v) is 1.91. The molecule has 1 rings (SSSR count). The van der Waals surface area contributed by atoms with Crippen molar-refractivity contribution in [3.8, 4) is 5.75 Å². The zero-order chi connectivity index (χ0) is 8.69. The maximum atomic E-state index is 4.97. The summed E-state index contributed by atoms with van der Waals surface area (Å²) in [6, 6.07) is 8.71. The van der Waals surface area contributed by atoms with Crippen LogP contribution in [-0.2, 0) is 17.3 Å². The monoisotopic (exact) mass is 220 g/mol. The van der Waals surface area contributed by atoms with Crippen LogP contribution in [0.5, 0.6) is 5.75 Å². The van der Waals surface area contributed by atoms with Crippen LogP contribution >= 0.6 is 9.69 Å². The molecule has 1 aromatic carbocycles. The van der Waals surface area contributed by atoms with Gasteiger partial charge in [-0.1, -0.05) is 6.92 Å². The van der Waals surface area contributed by atoms with E-state index in [4.69, 9.17) is 14.4 Å². The molecule has 0 spiro atoms. The van der Waals surface area contributed by atoms with Crippen molar-refractivity contribution >= 4 is 9.69 Å². The zero-order valence-electron chi connectivity index (χ0n) is 6.73. The number of hydrogen-bond acceptors (Lipinski definition) is 1. The number of methoxy groups -OCH3 is 1. The second kappa shape index (κ2) is 6.63. The summed E-state index contributed by atoms with van der Waals surface area (Å²) in [4.78, 5) is 0. The second-order valence-electron chi connectivity index (χ2n) is 1.91. The molecule has 0 N–H and O–H groups in total. The summed E-state index contributed by atoms with van der Waals surface area (Å²) in [5.41, 5.74) is 1.11. The SMILES string of the molecule is COc1cc[c-]c(C)c1.[Cl][Zn+]. The first-order chi connectivity index (χ1) is 5.33. The quantitative estimate of drug-likeness (QED) is 0.523. The molecule has 0 amide bonds. The molecule has 1 aromatic rings. The summed E-state index contributed by atoms with van der Waals surface area (Å²) < 4.78 is 4.97.